The third-order valence-electron chi connectivity index (χ3n) is 4.04. The molecule has 5 heteroatoms. The number of hydrogen-bond acceptors (Lipinski definition) is 3. The molecule has 1 unspecified atom stereocenters. The summed E-state index contributed by atoms with van der Waals surface area (Å²) in [6, 6.07) is 7.10. The number of amides is 2. The number of para-hydroxylation sites is 1. The number of carbonyl (C=O) groups excluding carboxylic acids is 2. The second-order valence-electron chi connectivity index (χ2n) is 5.38. The summed E-state index contributed by atoms with van der Waals surface area (Å²) in [4.78, 5) is 24.4. The molecule has 2 N–H and O–H groups in total. The van der Waals surface area contributed by atoms with Gasteiger partial charge in [-0.3, -0.25) is 9.59 Å². The minimum absolute atomic E-state index is 0.142. The van der Waals surface area contributed by atoms with Crippen LogP contribution in [0.25, 0.3) is 0 Å². The molecule has 1 aromatic carbocycles. The Balaban J connectivity index is 1.69. The number of anilines is 1. The van der Waals surface area contributed by atoms with Crippen LogP contribution in [0.2, 0.25) is 0 Å². The molecule has 0 spiro atoms. The molecule has 3 atom stereocenters. The zero-order chi connectivity index (χ0) is 14.8. The van der Waals surface area contributed by atoms with Gasteiger partial charge in [-0.1, -0.05) is 24.3 Å². The Morgan fingerprint density at radius 3 is 3.05 bits per heavy atom. The van der Waals surface area contributed by atoms with E-state index in [1.165, 1.54) is 0 Å². The molecule has 5 nitrogen and oxygen atoms in total. The van der Waals surface area contributed by atoms with Gasteiger partial charge in [-0.2, -0.15) is 0 Å². The highest BCUT2D eigenvalue weighted by atomic mass is 16.5. The van der Waals surface area contributed by atoms with Gasteiger partial charge in [0, 0.05) is 18.7 Å². The number of carbonyl (C=O) groups is 2. The first-order chi connectivity index (χ1) is 10.2. The Morgan fingerprint density at radius 2 is 2.24 bits per heavy atom. The highest BCUT2D eigenvalue weighted by molar-refractivity contribution is 6.00. The Labute approximate surface area is 123 Å². The number of ether oxygens (including phenoxy) is 1. The number of fused-ring (bicyclic) bond motifs is 1. The average Bonchev–Trinajstić information content (AvgIpc) is 2.96. The normalized spacial score (nSPS) is 27.6. The summed E-state index contributed by atoms with van der Waals surface area (Å²) >= 11 is 0. The largest absolute Gasteiger partial charge is 0.373 e. The van der Waals surface area contributed by atoms with Crippen molar-refractivity contribution in [1.29, 1.82) is 0 Å². The summed E-state index contributed by atoms with van der Waals surface area (Å²) < 4.78 is 5.43. The van der Waals surface area contributed by atoms with E-state index in [1.54, 1.807) is 6.08 Å². The Hall–Kier alpha value is -2.14. The van der Waals surface area contributed by atoms with Crippen molar-refractivity contribution in [3.63, 3.8) is 0 Å². The molecule has 0 aliphatic carbocycles. The summed E-state index contributed by atoms with van der Waals surface area (Å²) in [5, 5.41) is 5.66. The average molecular weight is 286 g/mol. The third kappa shape index (κ3) is 2.69. The van der Waals surface area contributed by atoms with E-state index in [0.717, 1.165) is 11.3 Å². The molecule has 21 heavy (non-hydrogen) atoms. The minimum atomic E-state index is -0.529. The van der Waals surface area contributed by atoms with E-state index >= 15 is 0 Å². The Morgan fingerprint density at radius 1 is 1.43 bits per heavy atom. The molecule has 2 aliphatic heterocycles. The second-order valence-corrected chi connectivity index (χ2v) is 5.38. The van der Waals surface area contributed by atoms with E-state index in [0.29, 0.717) is 19.4 Å². The van der Waals surface area contributed by atoms with Crippen LogP contribution in [0.3, 0.4) is 0 Å². The van der Waals surface area contributed by atoms with Crippen LogP contribution < -0.4 is 10.6 Å². The van der Waals surface area contributed by atoms with Gasteiger partial charge in [-0.15, -0.1) is 6.58 Å². The van der Waals surface area contributed by atoms with Crippen molar-refractivity contribution in [1.82, 2.24) is 5.32 Å². The molecule has 0 bridgehead atoms. The lowest BCUT2D eigenvalue weighted by Crippen LogP contribution is -2.50. The van der Waals surface area contributed by atoms with Crippen molar-refractivity contribution >= 4 is 17.5 Å². The molecule has 2 aliphatic rings. The molecular formula is C16H18N2O3. The lowest BCUT2D eigenvalue weighted by Gasteiger charge is -2.26. The van der Waals surface area contributed by atoms with Crippen molar-refractivity contribution in [2.75, 3.05) is 11.9 Å². The van der Waals surface area contributed by atoms with Gasteiger partial charge >= 0.3 is 0 Å². The van der Waals surface area contributed by atoms with Crippen LogP contribution in [0.1, 0.15) is 12.0 Å². The summed E-state index contributed by atoms with van der Waals surface area (Å²) in [5.74, 6) is -0.569. The third-order valence-corrected chi connectivity index (χ3v) is 4.04. The van der Waals surface area contributed by atoms with Crippen LogP contribution in [-0.2, 0) is 20.7 Å². The topological polar surface area (TPSA) is 67.4 Å². The van der Waals surface area contributed by atoms with Gasteiger partial charge in [0.25, 0.3) is 0 Å². The van der Waals surface area contributed by atoms with Crippen LogP contribution >= 0.6 is 0 Å². The first kappa shape index (κ1) is 13.8. The number of benzene rings is 1. The van der Waals surface area contributed by atoms with Crippen molar-refractivity contribution < 1.29 is 14.3 Å². The van der Waals surface area contributed by atoms with E-state index in [-0.39, 0.29) is 23.8 Å². The number of hydrogen-bond donors (Lipinski definition) is 2. The second kappa shape index (κ2) is 5.69. The minimum Gasteiger partial charge on any atom is -0.373 e. The van der Waals surface area contributed by atoms with Crippen LogP contribution in [0.15, 0.2) is 36.9 Å². The fourth-order valence-corrected chi connectivity index (χ4v) is 2.87. The van der Waals surface area contributed by atoms with Gasteiger partial charge in [0.2, 0.25) is 11.8 Å². The molecule has 0 aromatic heterocycles. The predicted octanol–water partition coefficient (Wildman–Crippen LogP) is 1.26. The van der Waals surface area contributed by atoms with E-state index in [9.17, 15) is 9.59 Å². The Bertz CT molecular complexity index is 585. The van der Waals surface area contributed by atoms with Gasteiger partial charge in [0.15, 0.2) is 0 Å². The molecule has 0 saturated carbocycles. The van der Waals surface area contributed by atoms with Crippen molar-refractivity contribution in [2.45, 2.75) is 25.0 Å². The maximum absolute atomic E-state index is 12.3. The SMILES string of the molecule is C=C[C@@H]1OCC[C@H]1C(=O)NC1Cc2ccccc2NC1=O. The van der Waals surface area contributed by atoms with Gasteiger partial charge in [0.05, 0.1) is 12.0 Å². The molecule has 0 radical (unpaired) electrons. The molecular weight excluding hydrogens is 268 g/mol. The highest BCUT2D eigenvalue weighted by Crippen LogP contribution is 2.24. The highest BCUT2D eigenvalue weighted by Gasteiger charge is 2.35. The molecule has 2 heterocycles. The zero-order valence-corrected chi connectivity index (χ0v) is 11.7. The van der Waals surface area contributed by atoms with E-state index < -0.39 is 6.04 Å². The monoisotopic (exact) mass is 286 g/mol. The zero-order valence-electron chi connectivity index (χ0n) is 11.7. The van der Waals surface area contributed by atoms with Crippen LogP contribution in [0.5, 0.6) is 0 Å². The van der Waals surface area contributed by atoms with Gasteiger partial charge in [-0.25, -0.2) is 0 Å². The lowest BCUT2D eigenvalue weighted by molar-refractivity contribution is -0.130. The number of rotatable bonds is 3. The van der Waals surface area contributed by atoms with Crippen molar-refractivity contribution in [2.24, 2.45) is 5.92 Å². The summed E-state index contributed by atoms with van der Waals surface area (Å²) in [5.41, 5.74) is 1.85. The molecule has 1 aromatic rings. The van der Waals surface area contributed by atoms with E-state index in [2.05, 4.69) is 17.2 Å². The maximum atomic E-state index is 12.3. The first-order valence-electron chi connectivity index (χ1n) is 7.12. The maximum Gasteiger partial charge on any atom is 0.247 e. The lowest BCUT2D eigenvalue weighted by atomic mass is 9.96. The predicted molar refractivity (Wildman–Crippen MR) is 78.8 cm³/mol. The van der Waals surface area contributed by atoms with E-state index in [4.69, 9.17) is 4.74 Å². The van der Waals surface area contributed by atoms with Gasteiger partial charge in [-0.05, 0) is 18.1 Å². The summed E-state index contributed by atoms with van der Waals surface area (Å²) in [7, 11) is 0. The quantitative estimate of drug-likeness (QED) is 0.822. The van der Waals surface area contributed by atoms with Crippen LogP contribution in [0.4, 0.5) is 5.69 Å². The molecule has 110 valence electrons. The smallest absolute Gasteiger partial charge is 0.247 e. The summed E-state index contributed by atoms with van der Waals surface area (Å²) in [6.45, 7) is 4.23. The van der Waals surface area contributed by atoms with Gasteiger partial charge < -0.3 is 15.4 Å². The standard InChI is InChI=1S/C16H18N2O3/c1-2-14-11(7-8-21-14)15(19)18-13-9-10-5-3-4-6-12(10)17-16(13)20/h2-6,11,13-14H,1,7-9H2,(H,17,20)(H,18,19)/t11-,13?,14+/m1/s1. The number of nitrogens with one attached hydrogen (secondary N) is 2. The van der Waals surface area contributed by atoms with Crippen molar-refractivity contribution in [3.8, 4) is 0 Å². The van der Waals surface area contributed by atoms with Gasteiger partial charge in [0.1, 0.15) is 6.04 Å². The van der Waals surface area contributed by atoms with Crippen LogP contribution in [0, 0.1) is 5.92 Å². The van der Waals surface area contributed by atoms with E-state index in [1.807, 2.05) is 24.3 Å². The molecule has 1 fully saturated rings. The molecule has 2 amide bonds. The summed E-state index contributed by atoms with van der Waals surface area (Å²) in [6.07, 6.45) is 2.56. The Kier molecular flexibility index (Phi) is 3.75. The fraction of sp³-hybridized carbons (Fsp3) is 0.375. The van der Waals surface area contributed by atoms with Crippen molar-refractivity contribution in [3.05, 3.63) is 42.5 Å². The van der Waals surface area contributed by atoms with Crippen LogP contribution in [-0.4, -0.2) is 30.6 Å². The molecule has 1 saturated heterocycles. The fourth-order valence-electron chi connectivity index (χ4n) is 2.87. The molecule has 3 rings (SSSR count). The first-order valence-corrected chi connectivity index (χ1v) is 7.12.